The monoisotopic (exact) mass is 516 g/mol. The van der Waals surface area contributed by atoms with E-state index in [0.29, 0.717) is 22.7 Å². The number of allylic oxidation sites excluding steroid dienone is 8. The van der Waals surface area contributed by atoms with E-state index in [4.69, 9.17) is 0 Å². The molecule has 29 heavy (non-hydrogen) atoms. The summed E-state index contributed by atoms with van der Waals surface area (Å²) in [6, 6.07) is 0. The van der Waals surface area contributed by atoms with Crippen LogP contribution >= 0.6 is 24.8 Å². The minimum atomic E-state index is 0. The second kappa shape index (κ2) is 11.9. The molecule has 0 spiro atoms. The molecule has 0 heterocycles. The van der Waals surface area contributed by atoms with Crippen molar-refractivity contribution in [2.45, 2.75) is 83.1 Å². The molecule has 2 rings (SSSR count). The van der Waals surface area contributed by atoms with Crippen molar-refractivity contribution >= 4 is 24.8 Å². The van der Waals surface area contributed by atoms with Gasteiger partial charge in [-0.15, -0.1) is 24.8 Å². The molecule has 2 aliphatic carbocycles. The van der Waals surface area contributed by atoms with Crippen molar-refractivity contribution < 1.29 is 26.2 Å². The summed E-state index contributed by atoms with van der Waals surface area (Å²) in [7, 11) is 0. The predicted molar refractivity (Wildman–Crippen MR) is 131 cm³/mol. The zero-order valence-electron chi connectivity index (χ0n) is 20.8. The SMILES string of the molecule is CC(C)(C)C1=[C-]C(C(C)(C)C)C=C1.CC(C)(C)C1=[C-]C(C(C)(C)C)C=C1.Cl.Cl.[Zr+2]. The van der Waals surface area contributed by atoms with Gasteiger partial charge in [0.15, 0.2) is 0 Å². The van der Waals surface area contributed by atoms with E-state index in [2.05, 4.69) is 120 Å². The first kappa shape index (κ1) is 34.0. The third-order valence-electron chi connectivity index (χ3n) is 5.01. The number of halogens is 2. The molecular weight excluding hydrogens is 474 g/mol. The van der Waals surface area contributed by atoms with Crippen LogP contribution in [0.1, 0.15) is 83.1 Å². The second-order valence-corrected chi connectivity index (χ2v) is 12.0. The molecule has 0 fully saturated rings. The van der Waals surface area contributed by atoms with Gasteiger partial charge >= 0.3 is 26.2 Å². The molecule has 0 nitrogen and oxygen atoms in total. The second-order valence-electron chi connectivity index (χ2n) is 12.0. The molecule has 0 bridgehead atoms. The smallest absolute Gasteiger partial charge is 0.265 e. The fraction of sp³-hybridized carbons (Fsp3) is 0.692. The Kier molecular flexibility index (Phi) is 13.9. The standard InChI is InChI=1S/2C13H21.2ClH.Zr/c2*1-12(2,3)10-7-8-11(9-10)13(4,5)6;;;/h2*7-8,10H,1-6H3;2*1H;/q2*-1;;;+2. The number of hydrogen-bond donors (Lipinski definition) is 0. The minimum Gasteiger partial charge on any atom is -0.265 e. The Morgan fingerprint density at radius 2 is 0.793 bits per heavy atom. The first-order valence-electron chi connectivity index (χ1n) is 10.1. The summed E-state index contributed by atoms with van der Waals surface area (Å²) >= 11 is 0. The van der Waals surface area contributed by atoms with Crippen LogP contribution in [0.2, 0.25) is 0 Å². The average Bonchev–Trinajstić information content (AvgIpc) is 3.06. The Balaban J connectivity index is -0.000000422. The van der Waals surface area contributed by atoms with Gasteiger partial charge in [0.1, 0.15) is 0 Å². The Morgan fingerprint density at radius 1 is 0.552 bits per heavy atom. The molecule has 3 heteroatoms. The van der Waals surface area contributed by atoms with E-state index in [9.17, 15) is 0 Å². The van der Waals surface area contributed by atoms with Crippen LogP contribution in [0.4, 0.5) is 0 Å². The van der Waals surface area contributed by atoms with Crippen LogP contribution in [0.5, 0.6) is 0 Å². The van der Waals surface area contributed by atoms with Crippen LogP contribution in [0.15, 0.2) is 35.5 Å². The summed E-state index contributed by atoms with van der Waals surface area (Å²) < 4.78 is 0. The molecule has 0 aromatic rings. The van der Waals surface area contributed by atoms with E-state index < -0.39 is 0 Å². The van der Waals surface area contributed by atoms with Gasteiger partial charge < -0.3 is 0 Å². The van der Waals surface area contributed by atoms with Gasteiger partial charge in [0.05, 0.1) is 0 Å². The first-order valence-corrected chi connectivity index (χ1v) is 10.1. The molecule has 0 N–H and O–H groups in total. The van der Waals surface area contributed by atoms with E-state index >= 15 is 0 Å². The largest absolute Gasteiger partial charge is 2.00 e. The molecule has 0 saturated heterocycles. The molecule has 2 unspecified atom stereocenters. The van der Waals surface area contributed by atoms with Crippen LogP contribution in [0.3, 0.4) is 0 Å². The van der Waals surface area contributed by atoms with Gasteiger partial charge in [0.2, 0.25) is 0 Å². The third kappa shape index (κ3) is 11.0. The van der Waals surface area contributed by atoms with Crippen molar-refractivity contribution in [3.8, 4) is 0 Å². The molecular formula is C26H44Cl2Zr. The Bertz CT molecular complexity index is 553. The molecule has 2 aliphatic rings. The first-order chi connectivity index (χ1) is 11.4. The zero-order valence-corrected chi connectivity index (χ0v) is 24.9. The molecule has 166 valence electrons. The average molecular weight is 519 g/mol. The van der Waals surface area contributed by atoms with Crippen molar-refractivity contribution in [1.82, 2.24) is 0 Å². The van der Waals surface area contributed by atoms with E-state index in [1.807, 2.05) is 0 Å². The zero-order chi connectivity index (χ0) is 20.6. The summed E-state index contributed by atoms with van der Waals surface area (Å²) in [6.45, 7) is 27.0. The summed E-state index contributed by atoms with van der Waals surface area (Å²) in [5, 5.41) is 0. The number of rotatable bonds is 0. The Morgan fingerprint density at radius 3 is 0.897 bits per heavy atom. The van der Waals surface area contributed by atoms with E-state index in [1.54, 1.807) is 0 Å². The minimum absolute atomic E-state index is 0. The van der Waals surface area contributed by atoms with E-state index in [0.717, 1.165) is 0 Å². The van der Waals surface area contributed by atoms with Crippen molar-refractivity contribution in [3.05, 3.63) is 47.6 Å². The normalized spacial score (nSPS) is 21.1. The van der Waals surface area contributed by atoms with Gasteiger partial charge in [0.25, 0.3) is 0 Å². The van der Waals surface area contributed by atoms with E-state index in [-0.39, 0.29) is 61.8 Å². The molecule has 0 aromatic heterocycles. The summed E-state index contributed by atoms with van der Waals surface area (Å²) in [5.41, 5.74) is 3.82. The maximum atomic E-state index is 3.58. The van der Waals surface area contributed by atoms with Crippen molar-refractivity contribution in [2.75, 3.05) is 0 Å². The van der Waals surface area contributed by atoms with Crippen LogP contribution < -0.4 is 0 Å². The van der Waals surface area contributed by atoms with Crippen molar-refractivity contribution in [1.29, 1.82) is 0 Å². The quantitative estimate of drug-likeness (QED) is 0.281. The van der Waals surface area contributed by atoms with Gasteiger partial charge in [-0.1, -0.05) is 94.9 Å². The summed E-state index contributed by atoms with van der Waals surface area (Å²) in [4.78, 5) is 0. The molecule has 0 saturated carbocycles. The van der Waals surface area contributed by atoms with Gasteiger partial charge in [-0.3, -0.25) is 12.2 Å². The van der Waals surface area contributed by atoms with Gasteiger partial charge in [-0.05, 0) is 21.7 Å². The maximum absolute atomic E-state index is 3.58. The summed E-state index contributed by atoms with van der Waals surface area (Å²) in [6.07, 6.45) is 16.2. The third-order valence-corrected chi connectivity index (χ3v) is 5.01. The molecule has 0 radical (unpaired) electrons. The van der Waals surface area contributed by atoms with Crippen molar-refractivity contribution in [2.24, 2.45) is 33.5 Å². The van der Waals surface area contributed by atoms with Gasteiger partial charge in [-0.25, -0.2) is 23.3 Å². The topological polar surface area (TPSA) is 0 Å². The van der Waals surface area contributed by atoms with Gasteiger partial charge in [0, 0.05) is 0 Å². The van der Waals surface area contributed by atoms with Crippen LogP contribution in [-0.2, 0) is 26.2 Å². The van der Waals surface area contributed by atoms with Crippen LogP contribution in [0.25, 0.3) is 0 Å². The fourth-order valence-corrected chi connectivity index (χ4v) is 2.86. The molecule has 0 amide bonds. The van der Waals surface area contributed by atoms with E-state index in [1.165, 1.54) is 11.1 Å². The van der Waals surface area contributed by atoms with Crippen LogP contribution in [0, 0.1) is 45.6 Å². The maximum Gasteiger partial charge on any atom is 2.00 e. The predicted octanol–water partition coefficient (Wildman–Crippen LogP) is 8.83. The molecule has 0 aliphatic heterocycles. The number of hydrogen-bond acceptors (Lipinski definition) is 0. The van der Waals surface area contributed by atoms with Gasteiger partial charge in [-0.2, -0.15) is 12.2 Å². The fourth-order valence-electron chi connectivity index (χ4n) is 2.86. The Labute approximate surface area is 214 Å². The van der Waals surface area contributed by atoms with Crippen molar-refractivity contribution in [3.63, 3.8) is 0 Å². The summed E-state index contributed by atoms with van der Waals surface area (Å²) in [5.74, 6) is 0.975. The Hall–Kier alpha value is 0.423. The molecule has 2 atom stereocenters. The molecule has 0 aromatic carbocycles. The van der Waals surface area contributed by atoms with Crippen LogP contribution in [-0.4, -0.2) is 0 Å².